The van der Waals surface area contributed by atoms with Crippen LogP contribution in [-0.2, 0) is 19.0 Å². The number of rotatable bonds is 8. The van der Waals surface area contributed by atoms with E-state index in [1.165, 1.54) is 27.0 Å². The third kappa shape index (κ3) is 3.74. The van der Waals surface area contributed by atoms with Gasteiger partial charge in [0.05, 0.1) is 0 Å². The van der Waals surface area contributed by atoms with Crippen LogP contribution < -0.4 is 15.9 Å². The third-order valence-corrected chi connectivity index (χ3v) is 17.7. The van der Waals surface area contributed by atoms with E-state index >= 15 is 0 Å². The molecule has 4 aromatic carbocycles. The maximum atomic E-state index is 2.70. The second-order valence-electron chi connectivity index (χ2n) is 8.55. The molecule has 0 spiro atoms. The Morgan fingerprint density at radius 2 is 0.906 bits per heavy atom. The van der Waals surface area contributed by atoms with Gasteiger partial charge in [0, 0.05) is 0 Å². The Morgan fingerprint density at radius 3 is 1.22 bits per heavy atom. The van der Waals surface area contributed by atoms with Crippen LogP contribution in [0.1, 0.15) is 30.5 Å². The molecular weight excluding hydrogens is 518 g/mol. The summed E-state index contributed by atoms with van der Waals surface area (Å²) in [4.78, 5) is 0. The van der Waals surface area contributed by atoms with E-state index < -0.39 is 6.60 Å². The van der Waals surface area contributed by atoms with Gasteiger partial charge in [-0.15, -0.1) is 0 Å². The monoisotopic (exact) mass is 550 g/mol. The van der Waals surface area contributed by atoms with Gasteiger partial charge in [-0.25, -0.2) is 0 Å². The molecule has 2 heteroatoms. The molecule has 0 aliphatic rings. The molecule has 0 nitrogen and oxygen atoms in total. The number of halogens is 1. The van der Waals surface area contributed by atoms with Crippen LogP contribution in [0.5, 0.6) is 0 Å². The van der Waals surface area contributed by atoms with Gasteiger partial charge in [-0.1, -0.05) is 0 Å². The molecule has 0 aromatic heterocycles. The van der Waals surface area contributed by atoms with E-state index in [1.54, 1.807) is 5.56 Å². The molecule has 4 rings (SSSR count). The maximum absolute atomic E-state index is 2.82. The average molecular weight is 550 g/mol. The van der Waals surface area contributed by atoms with Crippen LogP contribution in [0.15, 0.2) is 109 Å². The molecule has 0 unspecified atom stereocenters. The predicted octanol–water partition coefficient (Wildman–Crippen LogP) is 7.23. The zero-order valence-corrected chi connectivity index (χ0v) is 22.1. The Kier molecular flexibility index (Phi) is 7.17. The molecule has 0 bridgehead atoms. The van der Waals surface area contributed by atoms with E-state index in [9.17, 15) is 0 Å². The van der Waals surface area contributed by atoms with E-state index in [0.29, 0.717) is 0 Å². The SMILES string of the molecule is CCc1cccc(CC)c1CP(CI)(c1ccccc1)(c1ccccc1)c1ccccc1. The van der Waals surface area contributed by atoms with Crippen LogP contribution >= 0.6 is 29.2 Å². The van der Waals surface area contributed by atoms with E-state index in [4.69, 9.17) is 0 Å². The molecule has 0 saturated heterocycles. The normalized spacial score (nSPS) is 12.8. The zero-order chi connectivity index (χ0) is 22.5. The molecule has 0 aliphatic carbocycles. The van der Waals surface area contributed by atoms with Crippen molar-refractivity contribution in [2.45, 2.75) is 32.9 Å². The van der Waals surface area contributed by atoms with Crippen LogP contribution in [0.2, 0.25) is 0 Å². The van der Waals surface area contributed by atoms with Gasteiger partial charge >= 0.3 is 208 Å². The van der Waals surface area contributed by atoms with E-state index in [1.807, 2.05) is 0 Å². The second-order valence-corrected chi connectivity index (χ2v) is 15.7. The molecule has 0 aliphatic heterocycles. The van der Waals surface area contributed by atoms with Crippen LogP contribution in [0.25, 0.3) is 0 Å². The molecule has 4 aromatic rings. The van der Waals surface area contributed by atoms with Crippen molar-refractivity contribution in [1.29, 1.82) is 0 Å². The fourth-order valence-corrected chi connectivity index (χ4v) is 15.2. The fourth-order valence-electron chi connectivity index (χ4n) is 5.24. The van der Waals surface area contributed by atoms with Crippen molar-refractivity contribution < 1.29 is 0 Å². The summed E-state index contributed by atoms with van der Waals surface area (Å²) in [6, 6.07) is 41.0. The standard InChI is InChI=1S/C30H32IP/c1-3-25-15-14-16-26(4-2)30(25)23-32(24-31,27-17-8-5-9-18-27,28-19-10-6-11-20-28)29-21-12-7-13-22-29/h5-22H,3-4,23-24H2,1-2H3. The Balaban J connectivity index is 2.18. The topological polar surface area (TPSA) is 0 Å². The molecule has 0 fully saturated rings. The van der Waals surface area contributed by atoms with Crippen molar-refractivity contribution >= 4 is 45.1 Å². The van der Waals surface area contributed by atoms with Gasteiger partial charge in [0.15, 0.2) is 0 Å². The summed E-state index contributed by atoms with van der Waals surface area (Å²) in [5.41, 5.74) is 4.54. The predicted molar refractivity (Wildman–Crippen MR) is 153 cm³/mol. The van der Waals surface area contributed by atoms with Crippen molar-refractivity contribution in [3.63, 3.8) is 0 Å². The van der Waals surface area contributed by atoms with Gasteiger partial charge in [-0.05, 0) is 0 Å². The van der Waals surface area contributed by atoms with Gasteiger partial charge in [-0.2, -0.15) is 0 Å². The Bertz CT molecular complexity index is 1030. The Morgan fingerprint density at radius 1 is 0.531 bits per heavy atom. The summed E-state index contributed by atoms with van der Waals surface area (Å²) in [6.45, 7) is 1.77. The molecule has 0 heterocycles. The van der Waals surface area contributed by atoms with Crippen molar-refractivity contribution in [1.82, 2.24) is 0 Å². The minimum atomic E-state index is -2.82. The van der Waals surface area contributed by atoms with Crippen molar-refractivity contribution in [3.8, 4) is 0 Å². The summed E-state index contributed by atoms with van der Waals surface area (Å²) < 4.78 is 1.07. The van der Waals surface area contributed by atoms with Crippen molar-refractivity contribution in [2.24, 2.45) is 0 Å². The summed E-state index contributed by atoms with van der Waals surface area (Å²) in [6.07, 6.45) is 3.20. The van der Waals surface area contributed by atoms with Gasteiger partial charge in [0.2, 0.25) is 0 Å². The van der Waals surface area contributed by atoms with Crippen LogP contribution in [0, 0.1) is 0 Å². The molecule has 0 N–H and O–H groups in total. The second kappa shape index (κ2) is 9.89. The first-order chi connectivity index (χ1) is 15.7. The van der Waals surface area contributed by atoms with Crippen LogP contribution in [0.4, 0.5) is 0 Å². The van der Waals surface area contributed by atoms with Crippen LogP contribution in [0.3, 0.4) is 0 Å². The van der Waals surface area contributed by atoms with E-state index in [-0.39, 0.29) is 0 Å². The number of hydrogen-bond donors (Lipinski definition) is 0. The summed E-state index contributed by atoms with van der Waals surface area (Å²) >= 11 is 2.70. The molecule has 32 heavy (non-hydrogen) atoms. The summed E-state index contributed by atoms with van der Waals surface area (Å²) in [5.74, 6) is 0. The van der Waals surface area contributed by atoms with Crippen molar-refractivity contribution in [2.75, 3.05) is 4.17 Å². The third-order valence-electron chi connectivity index (χ3n) is 7.04. The van der Waals surface area contributed by atoms with Gasteiger partial charge in [0.1, 0.15) is 0 Å². The first kappa shape index (κ1) is 23.2. The first-order valence-electron chi connectivity index (χ1n) is 11.5. The summed E-state index contributed by atoms with van der Waals surface area (Å²) in [7, 11) is 0. The molecule has 164 valence electrons. The fraction of sp³-hybridized carbons (Fsp3) is 0.200. The van der Waals surface area contributed by atoms with E-state index in [0.717, 1.165) is 23.2 Å². The van der Waals surface area contributed by atoms with Crippen LogP contribution in [-0.4, -0.2) is 4.17 Å². The quantitative estimate of drug-likeness (QED) is 0.123. The number of aryl methyl sites for hydroxylation is 2. The number of alkyl halides is 1. The Hall–Kier alpha value is -1.96. The van der Waals surface area contributed by atoms with Gasteiger partial charge in [-0.3, -0.25) is 0 Å². The zero-order valence-electron chi connectivity index (χ0n) is 19.0. The molecule has 0 saturated carbocycles. The molecule has 0 radical (unpaired) electrons. The summed E-state index contributed by atoms with van der Waals surface area (Å²) in [5, 5.41) is 4.45. The molecular formula is C30H32IP. The molecule has 0 amide bonds. The first-order valence-corrected chi connectivity index (χ1v) is 15.7. The molecule has 0 atom stereocenters. The van der Waals surface area contributed by atoms with E-state index in [2.05, 4.69) is 146 Å². The number of benzene rings is 4. The van der Waals surface area contributed by atoms with Crippen molar-refractivity contribution in [3.05, 3.63) is 126 Å². The number of hydrogen-bond acceptors (Lipinski definition) is 0. The average Bonchev–Trinajstić information content (AvgIpc) is 2.89. The van der Waals surface area contributed by atoms with Gasteiger partial charge < -0.3 is 0 Å². The minimum absolute atomic E-state index is 1.06. The van der Waals surface area contributed by atoms with Gasteiger partial charge in [0.25, 0.3) is 0 Å². The Labute approximate surface area is 207 Å².